The highest BCUT2D eigenvalue weighted by Gasteiger charge is 2.01. The van der Waals surface area contributed by atoms with Crippen LogP contribution in [0.5, 0.6) is 0 Å². The largest absolute Gasteiger partial charge is 0.346 e. The number of carbonyl (C=O) groups is 1. The second-order valence-electron chi connectivity index (χ2n) is 5.31. The third-order valence-corrected chi connectivity index (χ3v) is 3.80. The van der Waals surface area contributed by atoms with Gasteiger partial charge in [0.1, 0.15) is 5.78 Å². The molecule has 1 rings (SSSR count). The third-order valence-electron chi connectivity index (χ3n) is 2.47. The number of hydrogen-bond donors (Lipinski definition) is 0. The van der Waals surface area contributed by atoms with E-state index in [1.165, 1.54) is 14.1 Å². The van der Waals surface area contributed by atoms with E-state index in [9.17, 15) is 13.2 Å². The molecule has 0 aliphatic rings. The maximum atomic E-state index is 10.3. The molecule has 0 aliphatic carbocycles. The van der Waals surface area contributed by atoms with E-state index >= 15 is 0 Å². The Morgan fingerprint density at radius 3 is 1.61 bits per heavy atom. The number of nitrogens with zero attached hydrogens (tertiary/aromatic N) is 6. The lowest BCUT2D eigenvalue weighted by atomic mass is 10.1. The van der Waals surface area contributed by atoms with Gasteiger partial charge in [-0.2, -0.15) is 0 Å². The van der Waals surface area contributed by atoms with Crippen molar-refractivity contribution in [3.63, 3.8) is 0 Å². The second kappa shape index (κ2) is 11.9. The van der Waals surface area contributed by atoms with E-state index in [1.54, 1.807) is 18.7 Å². The van der Waals surface area contributed by atoms with Gasteiger partial charge in [-0.05, 0) is 17.4 Å². The van der Waals surface area contributed by atoms with E-state index in [1.807, 2.05) is 32.8 Å². The maximum absolute atomic E-state index is 10.3. The molecule has 0 saturated carbocycles. The Morgan fingerprint density at radius 1 is 1.17 bits per heavy atom. The van der Waals surface area contributed by atoms with Crippen LogP contribution in [0.4, 0.5) is 5.95 Å². The summed E-state index contributed by atoms with van der Waals surface area (Å²) in [6, 6.07) is 0. The average Bonchev–Trinajstić information content (AvgIpc) is 2.75. The molecule has 0 aromatic carbocycles. The highest BCUT2D eigenvalue weighted by atomic mass is 32.2. The first kappa shape index (κ1) is 26.4. The second-order valence-corrected chi connectivity index (χ2v) is 7.50. The van der Waals surface area contributed by atoms with E-state index in [-0.39, 0.29) is 19.1 Å². The van der Waals surface area contributed by atoms with Gasteiger partial charge in [0, 0.05) is 41.2 Å². The van der Waals surface area contributed by atoms with Crippen LogP contribution in [0.3, 0.4) is 0 Å². The molecule has 0 unspecified atom stereocenters. The van der Waals surface area contributed by atoms with Gasteiger partial charge in [-0.25, -0.2) is 17.4 Å². The molecule has 1 aromatic rings. The lowest BCUT2D eigenvalue weighted by molar-refractivity contribution is -0.119. The third kappa shape index (κ3) is 13.8. The Morgan fingerprint density at radius 2 is 1.52 bits per heavy atom. The number of carbonyl (C=O) groups excluding carboxylic acids is 1. The van der Waals surface area contributed by atoms with Crippen molar-refractivity contribution in [3.8, 4) is 0 Å². The van der Waals surface area contributed by atoms with Crippen LogP contribution in [0, 0.1) is 5.92 Å². The summed E-state index contributed by atoms with van der Waals surface area (Å²) in [6.45, 7) is 5.38. The van der Waals surface area contributed by atoms with Gasteiger partial charge >= 0.3 is 0 Å². The zero-order valence-corrected chi connectivity index (χ0v) is 15.7. The molecule has 1 heterocycles. The zero-order valence-electron chi connectivity index (χ0n) is 14.9. The molecule has 0 spiro atoms. The lowest BCUT2D eigenvalue weighted by Crippen LogP contribution is -2.19. The van der Waals surface area contributed by atoms with Gasteiger partial charge in [-0.3, -0.25) is 4.79 Å². The van der Waals surface area contributed by atoms with Gasteiger partial charge in [0.15, 0.2) is 0 Å². The van der Waals surface area contributed by atoms with E-state index in [0.717, 1.165) is 16.5 Å². The number of rotatable bonds is 3. The van der Waals surface area contributed by atoms with Crippen LogP contribution >= 0.6 is 0 Å². The number of ketones is 1. The fourth-order valence-corrected chi connectivity index (χ4v) is 0.604. The van der Waals surface area contributed by atoms with Gasteiger partial charge < -0.3 is 4.90 Å². The molecular weight excluding hydrogens is 320 g/mol. The minimum atomic E-state index is -2.91. The summed E-state index contributed by atoms with van der Waals surface area (Å²) in [6.07, 6.45) is 1.16. The molecule has 0 saturated heterocycles. The molecule has 0 aliphatic heterocycles. The summed E-state index contributed by atoms with van der Waals surface area (Å²) in [5.74, 6) is 1.23. The van der Waals surface area contributed by atoms with Crippen LogP contribution < -0.4 is 4.90 Å². The maximum Gasteiger partial charge on any atom is 0.244 e. The Kier molecular flexibility index (Phi) is 13.7. The Balaban J connectivity index is -0.000000262. The molecule has 0 atom stereocenters. The number of tetrazole rings is 1. The van der Waals surface area contributed by atoms with Crippen LogP contribution in [0.1, 0.15) is 28.2 Å². The van der Waals surface area contributed by atoms with Gasteiger partial charge in [-0.1, -0.05) is 26.4 Å². The number of sulfonamides is 1. The Labute approximate surface area is 140 Å². The van der Waals surface area contributed by atoms with E-state index < -0.39 is 10.0 Å². The topological polar surface area (TPSA) is 101 Å². The first-order chi connectivity index (χ1) is 9.80. The predicted octanol–water partition coefficient (Wildman–Crippen LogP) is 0.651. The molecule has 138 valence electrons. The van der Waals surface area contributed by atoms with Crippen molar-refractivity contribution in [2.45, 2.75) is 28.2 Å². The Bertz CT molecular complexity index is 538. The average molecular weight is 353 g/mol. The summed E-state index contributed by atoms with van der Waals surface area (Å²) < 4.78 is 23.3. The molecule has 1 aromatic heterocycles. The fourth-order valence-electron chi connectivity index (χ4n) is 0.604. The fraction of sp³-hybridized carbons (Fsp3) is 0.846. The molecule has 0 bridgehead atoms. The summed E-state index contributed by atoms with van der Waals surface area (Å²) >= 11 is 0. The van der Waals surface area contributed by atoms with Gasteiger partial charge in [0.2, 0.25) is 16.0 Å². The van der Waals surface area contributed by atoms with E-state index in [4.69, 9.17) is 0 Å². The van der Waals surface area contributed by atoms with E-state index in [2.05, 4.69) is 15.5 Å². The predicted molar refractivity (Wildman–Crippen MR) is 93.9 cm³/mol. The van der Waals surface area contributed by atoms with Crippen LogP contribution in [0.25, 0.3) is 0 Å². The number of anilines is 1. The highest BCUT2D eigenvalue weighted by Crippen LogP contribution is 1.98. The molecule has 0 radical (unpaired) electrons. The van der Waals surface area contributed by atoms with Crippen LogP contribution in [0.15, 0.2) is 0 Å². The van der Waals surface area contributed by atoms with Crippen molar-refractivity contribution < 1.29 is 13.2 Å². The van der Waals surface area contributed by atoms with E-state index in [0.29, 0.717) is 0 Å². The normalized spacial score (nSPS) is 10.0. The van der Waals surface area contributed by atoms with Crippen molar-refractivity contribution in [3.05, 3.63) is 0 Å². The minimum Gasteiger partial charge on any atom is -0.346 e. The summed E-state index contributed by atoms with van der Waals surface area (Å²) in [7, 11) is 5.67. The van der Waals surface area contributed by atoms with Crippen molar-refractivity contribution in [2.24, 2.45) is 13.0 Å². The summed E-state index contributed by atoms with van der Waals surface area (Å²) in [4.78, 5) is 12.0. The molecule has 0 fully saturated rings. The molecule has 9 nitrogen and oxygen atoms in total. The van der Waals surface area contributed by atoms with Crippen LogP contribution in [0.2, 0.25) is 0 Å². The Hall–Kier alpha value is -1.55. The molecule has 0 N–H and O–H groups in total. The summed E-state index contributed by atoms with van der Waals surface area (Å²) in [5, 5.41) is 10.9. The first-order valence-electron chi connectivity index (χ1n) is 6.58. The summed E-state index contributed by atoms with van der Waals surface area (Å²) in [5.41, 5.74) is 0. The number of Topliss-reactive ketones (excluding diaryl/α,β-unsaturated/α-hetero) is 1. The van der Waals surface area contributed by atoms with Crippen molar-refractivity contribution in [2.75, 3.05) is 39.3 Å². The van der Waals surface area contributed by atoms with Crippen molar-refractivity contribution >= 4 is 21.8 Å². The van der Waals surface area contributed by atoms with Crippen molar-refractivity contribution in [1.29, 1.82) is 0 Å². The lowest BCUT2D eigenvalue weighted by Gasteiger charge is -2.06. The van der Waals surface area contributed by atoms with Crippen molar-refractivity contribution in [1.82, 2.24) is 24.5 Å². The van der Waals surface area contributed by atoms with Gasteiger partial charge in [0.25, 0.3) is 0 Å². The SMILES string of the molecule is C.CC(=O)C(C)C.CN(C)S(C)(=O)=O.CN(C)c1nnnn1C. The number of hydrogen-bond acceptors (Lipinski definition) is 7. The molecular formula is C13H32N6O3S. The minimum absolute atomic E-state index is 0. The van der Waals surface area contributed by atoms with Gasteiger partial charge in [-0.15, -0.1) is 0 Å². The first-order valence-corrected chi connectivity index (χ1v) is 8.43. The molecule has 23 heavy (non-hydrogen) atoms. The van der Waals surface area contributed by atoms with Crippen LogP contribution in [-0.4, -0.2) is 73.2 Å². The standard InChI is InChI=1S/C5H10O.C4H9N5.C3H9NO2S.CH4/c1-4(2)5(3)6;1-8(2)4-5-6-7-9(4)3;1-4(2)7(3,5)6;/h4H,1-3H3;1-3H3;1-3H3;1H4. The number of aromatic nitrogens is 4. The number of aryl methyl sites for hydroxylation is 1. The smallest absolute Gasteiger partial charge is 0.244 e. The molecule has 0 amide bonds. The van der Waals surface area contributed by atoms with Gasteiger partial charge in [0.05, 0.1) is 6.26 Å². The zero-order chi connectivity index (χ0) is 18.1. The quantitative estimate of drug-likeness (QED) is 0.787. The molecule has 10 heteroatoms. The monoisotopic (exact) mass is 352 g/mol. The highest BCUT2D eigenvalue weighted by molar-refractivity contribution is 7.88. The van der Waals surface area contributed by atoms with Crippen LogP contribution in [-0.2, 0) is 21.9 Å².